The second-order valence-corrected chi connectivity index (χ2v) is 0.224. The average molecular weight is 105 g/mol. The Balaban J connectivity index is -0.0000000360. The van der Waals surface area contributed by atoms with Crippen LogP contribution < -0.4 is 0 Å². The summed E-state index contributed by atoms with van der Waals surface area (Å²) < 4.78 is 0. The van der Waals surface area contributed by atoms with Crippen LogP contribution in [0, 0.1) is 11.3 Å². The van der Waals surface area contributed by atoms with Crippen molar-refractivity contribution in [2.75, 3.05) is 14.2 Å². The van der Waals surface area contributed by atoms with E-state index >= 15 is 0 Å². The van der Waals surface area contributed by atoms with Crippen LogP contribution in [0.1, 0.15) is 6.92 Å². The molecule has 0 aromatic rings. The van der Waals surface area contributed by atoms with Gasteiger partial charge in [-0.25, -0.2) is 0 Å². The summed E-state index contributed by atoms with van der Waals surface area (Å²) in [5.74, 6) is 0. The molecule has 7 heavy (non-hydrogen) atoms. The smallest absolute Gasteiger partial charge is 0.0587 e. The van der Waals surface area contributed by atoms with Crippen LogP contribution in [0.3, 0.4) is 0 Å². The molecule has 0 heterocycles. The Hall–Kier alpha value is -0.590. The Labute approximate surface area is 43.8 Å². The first kappa shape index (κ1) is 16.1. The summed E-state index contributed by atoms with van der Waals surface area (Å²) in [7, 11) is 2.00. The Morgan fingerprint density at radius 3 is 1.14 bits per heavy atom. The third-order valence-electron chi connectivity index (χ3n) is 0. The van der Waals surface area contributed by atoms with Gasteiger partial charge in [0, 0.05) is 21.1 Å². The standard InChI is InChI=1S/C2H3N.2CH4O/c1-2-3;2*1-2/h1H3;2*2H,1H3. The number of hydrogen-bond donors (Lipinski definition) is 2. The van der Waals surface area contributed by atoms with Crippen molar-refractivity contribution in [2.45, 2.75) is 6.92 Å². The molecule has 0 aliphatic heterocycles. The Morgan fingerprint density at radius 2 is 1.14 bits per heavy atom. The maximum absolute atomic E-state index is 7.32. The highest BCUT2D eigenvalue weighted by molar-refractivity contribution is 4.51. The van der Waals surface area contributed by atoms with E-state index in [1.54, 1.807) is 6.07 Å². The van der Waals surface area contributed by atoms with Gasteiger partial charge >= 0.3 is 0 Å². The number of nitrogens with zero attached hydrogens (tertiary/aromatic N) is 1. The molecule has 0 aromatic heterocycles. The molecule has 0 spiro atoms. The van der Waals surface area contributed by atoms with E-state index in [-0.39, 0.29) is 0 Å². The van der Waals surface area contributed by atoms with E-state index in [9.17, 15) is 0 Å². The fourth-order valence-electron chi connectivity index (χ4n) is 0. The zero-order valence-electron chi connectivity index (χ0n) is 4.84. The fourth-order valence-corrected chi connectivity index (χ4v) is 0. The van der Waals surface area contributed by atoms with Crippen molar-refractivity contribution in [1.29, 1.82) is 5.26 Å². The molecule has 2 N–H and O–H groups in total. The van der Waals surface area contributed by atoms with Gasteiger partial charge in [0.1, 0.15) is 0 Å². The van der Waals surface area contributed by atoms with Gasteiger partial charge in [-0.2, -0.15) is 5.26 Å². The third kappa shape index (κ3) is 181. The summed E-state index contributed by atoms with van der Waals surface area (Å²) in [6.45, 7) is 1.43. The molecule has 0 unspecified atom stereocenters. The lowest BCUT2D eigenvalue weighted by Gasteiger charge is -1.21. The first-order valence-corrected chi connectivity index (χ1v) is 1.62. The van der Waals surface area contributed by atoms with E-state index in [1.165, 1.54) is 6.92 Å². The summed E-state index contributed by atoms with van der Waals surface area (Å²) in [5.41, 5.74) is 0. The van der Waals surface area contributed by atoms with Crippen molar-refractivity contribution in [3.63, 3.8) is 0 Å². The van der Waals surface area contributed by atoms with Gasteiger partial charge in [-0.3, -0.25) is 0 Å². The maximum Gasteiger partial charge on any atom is 0.0587 e. The number of rotatable bonds is 0. The molecular weight excluding hydrogens is 94.0 g/mol. The molecular formula is C4H11NO2. The van der Waals surface area contributed by atoms with E-state index in [1.807, 2.05) is 0 Å². The molecule has 0 fully saturated rings. The normalized spacial score (nSPS) is 2.86. The molecule has 44 valence electrons. The summed E-state index contributed by atoms with van der Waals surface area (Å²) in [4.78, 5) is 0. The van der Waals surface area contributed by atoms with Crippen molar-refractivity contribution in [3.05, 3.63) is 0 Å². The van der Waals surface area contributed by atoms with Gasteiger partial charge in [0.25, 0.3) is 0 Å². The number of aliphatic hydroxyl groups excluding tert-OH is 2. The van der Waals surface area contributed by atoms with Crippen LogP contribution in [0.15, 0.2) is 0 Å². The van der Waals surface area contributed by atoms with Crippen molar-refractivity contribution < 1.29 is 10.2 Å². The number of nitriles is 1. The highest BCUT2D eigenvalue weighted by atomic mass is 16.2. The van der Waals surface area contributed by atoms with Crippen molar-refractivity contribution in [3.8, 4) is 6.07 Å². The van der Waals surface area contributed by atoms with Gasteiger partial charge in [0.15, 0.2) is 0 Å². The molecule has 3 nitrogen and oxygen atoms in total. The van der Waals surface area contributed by atoms with Crippen molar-refractivity contribution >= 4 is 0 Å². The van der Waals surface area contributed by atoms with Gasteiger partial charge in [-0.15, -0.1) is 0 Å². The SMILES string of the molecule is CC#N.CO.CO. The molecule has 0 aliphatic carbocycles. The zero-order chi connectivity index (χ0) is 6.71. The van der Waals surface area contributed by atoms with E-state index in [0.717, 1.165) is 14.2 Å². The summed E-state index contributed by atoms with van der Waals surface area (Å²) in [6, 6.07) is 1.75. The molecule has 0 amide bonds. The second kappa shape index (κ2) is 626. The molecule has 0 radical (unpaired) electrons. The van der Waals surface area contributed by atoms with Crippen molar-refractivity contribution in [1.82, 2.24) is 0 Å². The van der Waals surface area contributed by atoms with Crippen LogP contribution in [-0.2, 0) is 0 Å². The van der Waals surface area contributed by atoms with Crippen LogP contribution in [0.25, 0.3) is 0 Å². The molecule has 0 saturated carbocycles. The van der Waals surface area contributed by atoms with Gasteiger partial charge in [0.2, 0.25) is 0 Å². The molecule has 0 aliphatic rings. The maximum atomic E-state index is 7.32. The number of aliphatic hydroxyl groups is 2. The second-order valence-electron chi connectivity index (χ2n) is 0.224. The predicted molar refractivity (Wildman–Crippen MR) is 27.6 cm³/mol. The van der Waals surface area contributed by atoms with Crippen LogP contribution in [-0.4, -0.2) is 24.4 Å². The van der Waals surface area contributed by atoms with Crippen LogP contribution >= 0.6 is 0 Å². The summed E-state index contributed by atoms with van der Waals surface area (Å²) >= 11 is 0. The lowest BCUT2D eigenvalue weighted by atomic mass is 11.0. The van der Waals surface area contributed by atoms with Crippen LogP contribution in [0.2, 0.25) is 0 Å². The molecule has 0 aromatic carbocycles. The molecule has 0 bridgehead atoms. The summed E-state index contributed by atoms with van der Waals surface area (Å²) in [6.07, 6.45) is 0. The topological polar surface area (TPSA) is 64.2 Å². The Morgan fingerprint density at radius 1 is 1.14 bits per heavy atom. The molecule has 3 heteroatoms. The van der Waals surface area contributed by atoms with E-state index < -0.39 is 0 Å². The number of hydrogen-bond acceptors (Lipinski definition) is 3. The minimum absolute atomic E-state index is 1.00. The van der Waals surface area contributed by atoms with Gasteiger partial charge in [0.05, 0.1) is 6.07 Å². The van der Waals surface area contributed by atoms with Crippen molar-refractivity contribution in [2.24, 2.45) is 0 Å². The first-order valence-electron chi connectivity index (χ1n) is 1.62. The fraction of sp³-hybridized carbons (Fsp3) is 0.750. The molecule has 0 saturated heterocycles. The van der Waals surface area contributed by atoms with Crippen LogP contribution in [0.5, 0.6) is 0 Å². The minimum Gasteiger partial charge on any atom is -0.400 e. The van der Waals surface area contributed by atoms with Gasteiger partial charge in [-0.1, -0.05) is 0 Å². The first-order chi connectivity index (χ1) is 3.41. The lowest BCUT2D eigenvalue weighted by molar-refractivity contribution is 0.399. The molecule has 0 rings (SSSR count). The lowest BCUT2D eigenvalue weighted by Crippen LogP contribution is -1.25. The quantitative estimate of drug-likeness (QED) is 0.446. The van der Waals surface area contributed by atoms with Gasteiger partial charge in [-0.05, 0) is 0 Å². The van der Waals surface area contributed by atoms with E-state index in [2.05, 4.69) is 0 Å². The Kier molecular flexibility index (Phi) is 1440. The highest BCUT2D eigenvalue weighted by Gasteiger charge is 1.17. The molecule has 0 atom stereocenters. The van der Waals surface area contributed by atoms with Crippen LogP contribution in [0.4, 0.5) is 0 Å². The zero-order valence-corrected chi connectivity index (χ0v) is 4.84. The largest absolute Gasteiger partial charge is 0.400 e. The minimum atomic E-state index is 1.00. The van der Waals surface area contributed by atoms with E-state index in [4.69, 9.17) is 15.5 Å². The monoisotopic (exact) mass is 105 g/mol. The average Bonchev–Trinajstić information content (AvgIpc) is 1.78. The van der Waals surface area contributed by atoms with Gasteiger partial charge < -0.3 is 10.2 Å². The predicted octanol–water partition coefficient (Wildman–Crippen LogP) is -0.253. The van der Waals surface area contributed by atoms with E-state index in [0.29, 0.717) is 0 Å². The highest BCUT2D eigenvalue weighted by Crippen LogP contribution is 1.21. The summed E-state index contributed by atoms with van der Waals surface area (Å²) in [5, 5.41) is 21.3. The third-order valence-corrected chi connectivity index (χ3v) is 0. The Bertz CT molecular complexity index is 31.2.